The largest absolute Gasteiger partial charge is 0.309 e. The van der Waals surface area contributed by atoms with E-state index in [2.05, 4.69) is 20.8 Å². The zero-order chi connectivity index (χ0) is 9.14. The topological polar surface area (TPSA) is 4.36 Å². The molecule has 0 aliphatic rings. The molecule has 0 radical (unpaired) electrons. The zero-order valence-electron chi connectivity index (χ0n) is 6.51. The molecule has 62 valence electrons. The lowest BCUT2D eigenvalue weighted by Crippen LogP contribution is -1.86. The van der Waals surface area contributed by atoms with Crippen LogP contribution in [0.25, 0.3) is 4.85 Å². The fourth-order valence-corrected chi connectivity index (χ4v) is 1.36. The van der Waals surface area contributed by atoms with Gasteiger partial charge in [0.15, 0.2) is 0 Å². The summed E-state index contributed by atoms with van der Waals surface area (Å²) in [6.07, 6.45) is 0. The minimum atomic E-state index is -0.0985. The molecule has 1 unspecified atom stereocenters. The van der Waals surface area contributed by atoms with Crippen molar-refractivity contribution in [3.05, 3.63) is 44.7 Å². The molecule has 0 aliphatic heterocycles. The van der Waals surface area contributed by atoms with Crippen LogP contribution in [0, 0.1) is 6.57 Å². The van der Waals surface area contributed by atoms with Crippen LogP contribution >= 0.6 is 27.5 Å². The monoisotopic (exact) mass is 243 g/mol. The SMILES string of the molecule is [C-]#[N+]C(C)c1ccc(Cl)c(Br)c1. The highest BCUT2D eigenvalue weighted by molar-refractivity contribution is 9.10. The highest BCUT2D eigenvalue weighted by Crippen LogP contribution is 2.27. The van der Waals surface area contributed by atoms with Crippen molar-refractivity contribution in [3.8, 4) is 0 Å². The molecule has 3 heteroatoms. The van der Waals surface area contributed by atoms with Gasteiger partial charge in [0, 0.05) is 17.0 Å². The molecule has 0 saturated carbocycles. The van der Waals surface area contributed by atoms with Crippen molar-refractivity contribution in [3.63, 3.8) is 0 Å². The molecule has 0 amide bonds. The summed E-state index contributed by atoms with van der Waals surface area (Å²) < 4.78 is 0.845. The predicted molar refractivity (Wildman–Crippen MR) is 54.2 cm³/mol. The van der Waals surface area contributed by atoms with Gasteiger partial charge in [-0.25, -0.2) is 6.57 Å². The predicted octanol–water partition coefficient (Wildman–Crippen LogP) is 4.08. The maximum Gasteiger partial charge on any atom is 0.246 e. The maximum atomic E-state index is 6.85. The summed E-state index contributed by atoms with van der Waals surface area (Å²) in [5, 5.41) is 0.677. The summed E-state index contributed by atoms with van der Waals surface area (Å²) in [6, 6.07) is 5.45. The summed E-state index contributed by atoms with van der Waals surface area (Å²) in [7, 11) is 0. The lowest BCUT2D eigenvalue weighted by molar-refractivity contribution is 0.960. The highest BCUT2D eigenvalue weighted by Gasteiger charge is 2.09. The Kier molecular flexibility index (Phi) is 3.13. The summed E-state index contributed by atoms with van der Waals surface area (Å²) in [4.78, 5) is 3.42. The number of nitrogens with zero attached hydrogens (tertiary/aromatic N) is 1. The van der Waals surface area contributed by atoms with Crippen molar-refractivity contribution in [2.24, 2.45) is 0 Å². The van der Waals surface area contributed by atoms with Crippen molar-refractivity contribution >= 4 is 27.5 Å². The molecule has 0 heterocycles. The molecular formula is C9H7BrClN. The van der Waals surface area contributed by atoms with E-state index in [1.165, 1.54) is 0 Å². The van der Waals surface area contributed by atoms with E-state index in [0.717, 1.165) is 10.0 Å². The molecule has 12 heavy (non-hydrogen) atoms. The van der Waals surface area contributed by atoms with Gasteiger partial charge in [0.1, 0.15) is 0 Å². The van der Waals surface area contributed by atoms with Crippen molar-refractivity contribution in [2.45, 2.75) is 13.0 Å². The molecular weight excluding hydrogens is 237 g/mol. The third kappa shape index (κ3) is 2.00. The third-order valence-corrected chi connectivity index (χ3v) is 2.83. The zero-order valence-corrected chi connectivity index (χ0v) is 8.85. The average Bonchev–Trinajstić information content (AvgIpc) is 2.08. The first-order valence-electron chi connectivity index (χ1n) is 3.46. The number of hydrogen-bond donors (Lipinski definition) is 0. The van der Waals surface area contributed by atoms with Crippen molar-refractivity contribution in [2.75, 3.05) is 0 Å². The normalized spacial score (nSPS) is 12.2. The van der Waals surface area contributed by atoms with Crippen LogP contribution in [0.4, 0.5) is 0 Å². The van der Waals surface area contributed by atoms with Crippen LogP contribution in [0.1, 0.15) is 18.5 Å². The second kappa shape index (κ2) is 3.93. The molecule has 0 bridgehead atoms. The average molecular weight is 245 g/mol. The minimum Gasteiger partial charge on any atom is -0.309 e. The van der Waals surface area contributed by atoms with Gasteiger partial charge in [0.25, 0.3) is 0 Å². The van der Waals surface area contributed by atoms with Crippen LogP contribution in [0.3, 0.4) is 0 Å². The fourth-order valence-electron chi connectivity index (χ4n) is 0.847. The van der Waals surface area contributed by atoms with Crippen LogP contribution < -0.4 is 0 Å². The Morgan fingerprint density at radius 2 is 2.25 bits per heavy atom. The van der Waals surface area contributed by atoms with Crippen molar-refractivity contribution < 1.29 is 0 Å². The molecule has 0 fully saturated rings. The minimum absolute atomic E-state index is 0.0985. The van der Waals surface area contributed by atoms with Crippen LogP contribution in [0.15, 0.2) is 22.7 Å². The van der Waals surface area contributed by atoms with Gasteiger partial charge in [0.05, 0.1) is 5.02 Å². The molecule has 1 aromatic rings. The first-order chi connectivity index (χ1) is 5.65. The molecule has 0 aliphatic carbocycles. The first-order valence-corrected chi connectivity index (χ1v) is 4.63. The molecule has 0 N–H and O–H groups in total. The van der Waals surface area contributed by atoms with Crippen molar-refractivity contribution in [1.29, 1.82) is 0 Å². The Bertz CT molecular complexity index is 330. The smallest absolute Gasteiger partial charge is 0.246 e. The molecule has 0 saturated heterocycles. The highest BCUT2D eigenvalue weighted by atomic mass is 79.9. The molecule has 1 rings (SSSR count). The summed E-state index contributed by atoms with van der Waals surface area (Å²) in [5.41, 5.74) is 0.987. The first kappa shape index (κ1) is 9.57. The quantitative estimate of drug-likeness (QED) is 0.656. The van der Waals surface area contributed by atoms with E-state index in [1.54, 1.807) is 6.07 Å². The Balaban J connectivity index is 3.06. The summed E-state index contributed by atoms with van der Waals surface area (Å²) >= 11 is 9.11. The van der Waals surface area contributed by atoms with E-state index in [4.69, 9.17) is 18.2 Å². The lowest BCUT2D eigenvalue weighted by atomic mass is 10.1. The van der Waals surface area contributed by atoms with Gasteiger partial charge in [-0.1, -0.05) is 11.6 Å². The Morgan fingerprint density at radius 3 is 2.75 bits per heavy atom. The molecule has 1 aromatic carbocycles. The van der Waals surface area contributed by atoms with E-state index in [0.29, 0.717) is 5.02 Å². The van der Waals surface area contributed by atoms with Gasteiger partial charge in [-0.15, -0.1) is 0 Å². The Labute approximate surface area is 85.3 Å². The fraction of sp³-hybridized carbons (Fsp3) is 0.222. The van der Waals surface area contributed by atoms with Gasteiger partial charge < -0.3 is 4.85 Å². The second-order valence-electron chi connectivity index (χ2n) is 2.48. The van der Waals surface area contributed by atoms with E-state index in [9.17, 15) is 0 Å². The summed E-state index contributed by atoms with van der Waals surface area (Å²) in [6.45, 7) is 8.71. The van der Waals surface area contributed by atoms with Crippen molar-refractivity contribution in [1.82, 2.24) is 0 Å². The third-order valence-electron chi connectivity index (χ3n) is 1.62. The Morgan fingerprint density at radius 1 is 1.58 bits per heavy atom. The van der Waals surface area contributed by atoms with E-state index >= 15 is 0 Å². The van der Waals surface area contributed by atoms with Crippen LogP contribution in [0.5, 0.6) is 0 Å². The lowest BCUT2D eigenvalue weighted by Gasteiger charge is -2.01. The number of benzene rings is 1. The van der Waals surface area contributed by atoms with Crippen LogP contribution in [-0.4, -0.2) is 0 Å². The molecule has 1 atom stereocenters. The molecule has 1 nitrogen and oxygen atoms in total. The molecule has 0 aromatic heterocycles. The van der Waals surface area contributed by atoms with Gasteiger partial charge in [-0.05, 0) is 34.1 Å². The van der Waals surface area contributed by atoms with Crippen LogP contribution in [-0.2, 0) is 0 Å². The summed E-state index contributed by atoms with van der Waals surface area (Å²) in [5.74, 6) is 0. The number of halogens is 2. The number of hydrogen-bond acceptors (Lipinski definition) is 0. The van der Waals surface area contributed by atoms with Gasteiger partial charge in [0.2, 0.25) is 6.04 Å². The van der Waals surface area contributed by atoms with Gasteiger partial charge in [-0.2, -0.15) is 0 Å². The molecule has 0 spiro atoms. The Hall–Kier alpha value is -0.520. The van der Waals surface area contributed by atoms with Crippen LogP contribution in [0.2, 0.25) is 5.02 Å². The van der Waals surface area contributed by atoms with E-state index < -0.39 is 0 Å². The second-order valence-corrected chi connectivity index (χ2v) is 3.74. The standard InChI is InChI=1S/C9H7BrClN/c1-6(12-2)7-3-4-9(11)8(10)5-7/h3-6H,1H3. The van der Waals surface area contributed by atoms with E-state index in [-0.39, 0.29) is 6.04 Å². The van der Waals surface area contributed by atoms with Gasteiger partial charge in [-0.3, -0.25) is 0 Å². The van der Waals surface area contributed by atoms with E-state index in [1.807, 2.05) is 19.1 Å². The maximum absolute atomic E-state index is 6.85. The van der Waals surface area contributed by atoms with Gasteiger partial charge >= 0.3 is 0 Å². The number of rotatable bonds is 1.